The maximum Gasteiger partial charge on any atom is 0.323 e. The summed E-state index contributed by atoms with van der Waals surface area (Å²) >= 11 is 6.33. The van der Waals surface area contributed by atoms with Gasteiger partial charge in [-0.2, -0.15) is 0 Å². The molecular formula is C18H15ClN4O2. The number of hydrogen-bond donors (Lipinski definition) is 4. The summed E-state index contributed by atoms with van der Waals surface area (Å²) in [5.74, 6) is -0.281. The van der Waals surface area contributed by atoms with Gasteiger partial charge in [-0.05, 0) is 30.7 Å². The molecule has 2 aromatic carbocycles. The van der Waals surface area contributed by atoms with Gasteiger partial charge in [0.2, 0.25) is 0 Å². The SMILES string of the molecule is C[C@H](NC(=O)c1[nH]c2ccccc2c1Cl)c1ccc2[nH]c(=O)[nH]c2c1. The van der Waals surface area contributed by atoms with Gasteiger partial charge in [0.25, 0.3) is 5.91 Å². The van der Waals surface area contributed by atoms with Crippen LogP contribution in [0.25, 0.3) is 21.9 Å². The minimum atomic E-state index is -0.281. The Hall–Kier alpha value is -2.99. The molecule has 1 amide bonds. The van der Waals surface area contributed by atoms with Crippen LogP contribution in [0, 0.1) is 0 Å². The molecule has 0 aliphatic carbocycles. The van der Waals surface area contributed by atoms with Crippen LogP contribution in [0.2, 0.25) is 5.02 Å². The molecule has 126 valence electrons. The summed E-state index contributed by atoms with van der Waals surface area (Å²) in [4.78, 5) is 32.4. The van der Waals surface area contributed by atoms with E-state index in [1.54, 1.807) is 6.07 Å². The van der Waals surface area contributed by atoms with Crippen LogP contribution in [0.15, 0.2) is 47.3 Å². The highest BCUT2D eigenvalue weighted by molar-refractivity contribution is 6.38. The highest BCUT2D eigenvalue weighted by Crippen LogP contribution is 2.27. The number of imidazole rings is 1. The van der Waals surface area contributed by atoms with Gasteiger partial charge in [-0.15, -0.1) is 0 Å². The third-order valence-electron chi connectivity index (χ3n) is 4.26. The highest BCUT2D eigenvalue weighted by atomic mass is 35.5. The maximum absolute atomic E-state index is 12.6. The summed E-state index contributed by atoms with van der Waals surface area (Å²) in [7, 11) is 0. The van der Waals surface area contributed by atoms with E-state index >= 15 is 0 Å². The Morgan fingerprint density at radius 3 is 2.60 bits per heavy atom. The molecule has 0 unspecified atom stereocenters. The molecule has 0 saturated heterocycles. The fraction of sp³-hybridized carbons (Fsp3) is 0.111. The number of aromatic nitrogens is 3. The average molecular weight is 355 g/mol. The van der Waals surface area contributed by atoms with E-state index in [1.165, 1.54) is 0 Å². The first-order valence-electron chi connectivity index (χ1n) is 7.82. The van der Waals surface area contributed by atoms with E-state index in [-0.39, 0.29) is 17.6 Å². The Kier molecular flexibility index (Phi) is 3.62. The van der Waals surface area contributed by atoms with Gasteiger partial charge < -0.3 is 20.3 Å². The normalized spacial score (nSPS) is 12.6. The summed E-state index contributed by atoms with van der Waals surface area (Å²) < 4.78 is 0. The predicted molar refractivity (Wildman–Crippen MR) is 98.1 cm³/mol. The largest absolute Gasteiger partial charge is 0.349 e. The van der Waals surface area contributed by atoms with Crippen LogP contribution in [-0.4, -0.2) is 20.9 Å². The molecule has 4 aromatic rings. The second-order valence-electron chi connectivity index (χ2n) is 5.94. The minimum absolute atomic E-state index is 0.252. The first-order chi connectivity index (χ1) is 12.0. The summed E-state index contributed by atoms with van der Waals surface area (Å²) in [6.45, 7) is 1.88. The lowest BCUT2D eigenvalue weighted by Crippen LogP contribution is -2.27. The number of aromatic amines is 3. The number of para-hydroxylation sites is 1. The first-order valence-corrected chi connectivity index (χ1v) is 8.20. The minimum Gasteiger partial charge on any atom is -0.349 e. The van der Waals surface area contributed by atoms with E-state index < -0.39 is 0 Å². The summed E-state index contributed by atoms with van der Waals surface area (Å²) in [6, 6.07) is 12.8. The Bertz CT molecular complexity index is 1150. The highest BCUT2D eigenvalue weighted by Gasteiger charge is 2.18. The molecule has 0 fully saturated rings. The molecule has 1 atom stereocenters. The smallest absolute Gasteiger partial charge is 0.323 e. The number of nitrogens with one attached hydrogen (secondary N) is 4. The number of carbonyl (C=O) groups excluding carboxylic acids is 1. The van der Waals surface area contributed by atoms with Crippen molar-refractivity contribution in [3.63, 3.8) is 0 Å². The number of fused-ring (bicyclic) bond motifs is 2. The molecule has 2 heterocycles. The molecule has 0 bridgehead atoms. The molecule has 0 spiro atoms. The van der Waals surface area contributed by atoms with Crippen LogP contribution in [-0.2, 0) is 0 Å². The maximum atomic E-state index is 12.6. The number of H-pyrrole nitrogens is 3. The number of amides is 1. The number of carbonyl (C=O) groups is 1. The second-order valence-corrected chi connectivity index (χ2v) is 6.32. The Morgan fingerprint density at radius 2 is 1.80 bits per heavy atom. The van der Waals surface area contributed by atoms with E-state index in [0.29, 0.717) is 16.2 Å². The number of benzene rings is 2. The molecule has 2 aromatic heterocycles. The van der Waals surface area contributed by atoms with Crippen LogP contribution in [0.1, 0.15) is 29.0 Å². The molecule has 7 heteroatoms. The van der Waals surface area contributed by atoms with Crippen molar-refractivity contribution in [1.82, 2.24) is 20.3 Å². The van der Waals surface area contributed by atoms with Gasteiger partial charge >= 0.3 is 5.69 Å². The van der Waals surface area contributed by atoms with Crippen LogP contribution in [0.4, 0.5) is 0 Å². The molecular weight excluding hydrogens is 340 g/mol. The van der Waals surface area contributed by atoms with Crippen molar-refractivity contribution < 1.29 is 4.79 Å². The van der Waals surface area contributed by atoms with Gasteiger partial charge in [0.05, 0.1) is 22.1 Å². The Morgan fingerprint density at radius 1 is 1.04 bits per heavy atom. The topological polar surface area (TPSA) is 93.5 Å². The van der Waals surface area contributed by atoms with Crippen molar-refractivity contribution >= 4 is 39.4 Å². The fourth-order valence-electron chi connectivity index (χ4n) is 2.94. The summed E-state index contributed by atoms with van der Waals surface area (Å²) in [5, 5.41) is 4.15. The molecule has 25 heavy (non-hydrogen) atoms. The van der Waals surface area contributed by atoms with E-state index in [9.17, 15) is 9.59 Å². The number of halogens is 1. The zero-order chi connectivity index (χ0) is 17.6. The lowest BCUT2D eigenvalue weighted by atomic mass is 10.1. The molecule has 0 aliphatic heterocycles. The quantitative estimate of drug-likeness (QED) is 0.453. The molecule has 0 saturated carbocycles. The van der Waals surface area contributed by atoms with E-state index in [1.807, 2.05) is 43.3 Å². The van der Waals surface area contributed by atoms with Gasteiger partial charge in [0.15, 0.2) is 0 Å². The average Bonchev–Trinajstić information content (AvgIpc) is 3.13. The monoisotopic (exact) mass is 354 g/mol. The second kappa shape index (κ2) is 5.82. The van der Waals surface area contributed by atoms with Gasteiger partial charge in [-0.1, -0.05) is 35.9 Å². The standard InChI is InChI=1S/C18H15ClN4O2/c1-9(10-6-7-13-14(8-10)23-18(25)22-13)20-17(24)16-15(19)11-4-2-3-5-12(11)21-16/h2-9,21H,1H3,(H,20,24)(H2,22,23,25)/t9-/m0/s1. The van der Waals surface area contributed by atoms with Crippen LogP contribution in [0.5, 0.6) is 0 Å². The molecule has 0 radical (unpaired) electrons. The fourth-order valence-corrected chi connectivity index (χ4v) is 3.23. The molecule has 6 nitrogen and oxygen atoms in total. The van der Waals surface area contributed by atoms with Crippen molar-refractivity contribution in [2.45, 2.75) is 13.0 Å². The molecule has 0 aliphatic rings. The van der Waals surface area contributed by atoms with Crippen molar-refractivity contribution in [3.05, 3.63) is 69.2 Å². The van der Waals surface area contributed by atoms with Crippen molar-refractivity contribution in [2.75, 3.05) is 0 Å². The third kappa shape index (κ3) is 2.70. The predicted octanol–water partition coefficient (Wildman–Crippen LogP) is 3.48. The first kappa shape index (κ1) is 15.5. The molecule has 4 N–H and O–H groups in total. The Labute approximate surface area is 147 Å². The van der Waals surface area contributed by atoms with Crippen molar-refractivity contribution in [2.24, 2.45) is 0 Å². The van der Waals surface area contributed by atoms with Gasteiger partial charge in [0, 0.05) is 10.9 Å². The van der Waals surface area contributed by atoms with Crippen LogP contribution in [0.3, 0.4) is 0 Å². The van der Waals surface area contributed by atoms with Gasteiger partial charge in [0.1, 0.15) is 5.69 Å². The van der Waals surface area contributed by atoms with Gasteiger partial charge in [-0.3, -0.25) is 4.79 Å². The number of rotatable bonds is 3. The summed E-state index contributed by atoms with van der Waals surface area (Å²) in [6.07, 6.45) is 0. The Balaban J connectivity index is 1.61. The lowest BCUT2D eigenvalue weighted by molar-refractivity contribution is 0.0936. The van der Waals surface area contributed by atoms with Crippen molar-refractivity contribution in [1.29, 1.82) is 0 Å². The van der Waals surface area contributed by atoms with E-state index in [0.717, 1.165) is 22.0 Å². The molecule has 4 rings (SSSR count). The zero-order valence-electron chi connectivity index (χ0n) is 13.3. The third-order valence-corrected chi connectivity index (χ3v) is 4.65. The summed E-state index contributed by atoms with van der Waals surface area (Å²) in [5.41, 5.74) is 3.21. The van der Waals surface area contributed by atoms with Gasteiger partial charge in [-0.25, -0.2) is 4.79 Å². The van der Waals surface area contributed by atoms with E-state index in [4.69, 9.17) is 11.6 Å². The van der Waals surface area contributed by atoms with E-state index in [2.05, 4.69) is 20.3 Å². The lowest BCUT2D eigenvalue weighted by Gasteiger charge is -2.14. The van der Waals surface area contributed by atoms with Crippen LogP contribution >= 0.6 is 11.6 Å². The zero-order valence-corrected chi connectivity index (χ0v) is 14.1. The van der Waals surface area contributed by atoms with Crippen LogP contribution < -0.4 is 11.0 Å². The van der Waals surface area contributed by atoms with Crippen molar-refractivity contribution in [3.8, 4) is 0 Å². The number of hydrogen-bond acceptors (Lipinski definition) is 2.